The number of alkyl halides is 2. The highest BCUT2D eigenvalue weighted by Gasteiger charge is 2.46. The van der Waals surface area contributed by atoms with Gasteiger partial charge < -0.3 is 24.8 Å². The number of carboxylic acid groups (broad SMARTS) is 1. The number of carbonyl (C=O) groups excluding carboxylic acids is 1. The second kappa shape index (κ2) is 13.0. The summed E-state index contributed by atoms with van der Waals surface area (Å²) in [5, 5.41) is 17.7. The van der Waals surface area contributed by atoms with Crippen molar-refractivity contribution in [3.8, 4) is 5.75 Å². The van der Waals surface area contributed by atoms with Crippen molar-refractivity contribution in [3.05, 3.63) is 41.2 Å². The van der Waals surface area contributed by atoms with Gasteiger partial charge in [-0.25, -0.2) is 0 Å². The summed E-state index contributed by atoms with van der Waals surface area (Å²) in [5.74, 6) is -1.95. The van der Waals surface area contributed by atoms with Crippen molar-refractivity contribution in [2.24, 2.45) is 11.8 Å². The number of aromatic nitrogens is 2. The molecule has 2 aliphatic heterocycles. The number of piperidine rings is 1. The number of ether oxygens (including phenoxy) is 2. The predicted molar refractivity (Wildman–Crippen MR) is 151 cm³/mol. The van der Waals surface area contributed by atoms with Crippen LogP contribution in [0.4, 0.5) is 14.5 Å². The van der Waals surface area contributed by atoms with Gasteiger partial charge in [0.05, 0.1) is 23.8 Å². The van der Waals surface area contributed by atoms with Crippen LogP contribution in [0.25, 0.3) is 0 Å². The first-order chi connectivity index (χ1) is 19.4. The Morgan fingerprint density at radius 2 is 1.85 bits per heavy atom. The van der Waals surface area contributed by atoms with E-state index in [1.807, 2.05) is 33.8 Å². The molecular formula is C29H39ClF2N4O5. The van der Waals surface area contributed by atoms with Gasteiger partial charge in [0.25, 0.3) is 5.91 Å². The Bertz CT molecular complexity index is 1210. The monoisotopic (exact) mass is 596 g/mol. The molecule has 0 aliphatic carbocycles. The molecule has 1 amide bonds. The molecule has 1 aromatic carbocycles. The highest BCUT2D eigenvalue weighted by atomic mass is 35.5. The fourth-order valence-corrected chi connectivity index (χ4v) is 6.43. The number of carbonyl (C=O) groups is 2. The number of nitrogens with one attached hydrogen (secondary N) is 1. The fraction of sp³-hybridized carbons (Fsp3) is 0.621. The molecule has 2 N–H and O–H groups in total. The summed E-state index contributed by atoms with van der Waals surface area (Å²) in [6.45, 7) is 6.17. The zero-order valence-corrected chi connectivity index (χ0v) is 24.6. The molecule has 226 valence electrons. The maximum absolute atomic E-state index is 14.1. The van der Waals surface area contributed by atoms with Crippen molar-refractivity contribution in [2.75, 3.05) is 25.0 Å². The lowest BCUT2D eigenvalue weighted by atomic mass is 9.80. The van der Waals surface area contributed by atoms with E-state index in [1.165, 1.54) is 18.2 Å². The molecule has 0 spiro atoms. The van der Waals surface area contributed by atoms with E-state index < -0.39 is 29.9 Å². The molecule has 12 heteroatoms. The van der Waals surface area contributed by atoms with Crippen molar-refractivity contribution in [2.45, 2.75) is 83.7 Å². The van der Waals surface area contributed by atoms with E-state index in [0.717, 1.165) is 5.69 Å². The van der Waals surface area contributed by atoms with Crippen molar-refractivity contribution in [1.29, 1.82) is 0 Å². The Kier molecular flexibility index (Phi) is 9.92. The summed E-state index contributed by atoms with van der Waals surface area (Å²) in [5.41, 5.74) is -0.183. The first kappa shape index (κ1) is 31.2. The van der Waals surface area contributed by atoms with Gasteiger partial charge in [-0.2, -0.15) is 13.9 Å². The number of carboxylic acids is 1. The number of hydrogen-bond acceptors (Lipinski definition) is 6. The highest BCUT2D eigenvalue weighted by Crippen LogP contribution is 2.38. The Labute approximate surface area is 244 Å². The zero-order chi connectivity index (χ0) is 29.9. The van der Waals surface area contributed by atoms with Gasteiger partial charge >= 0.3 is 12.6 Å². The molecule has 4 rings (SSSR count). The number of rotatable bonds is 10. The summed E-state index contributed by atoms with van der Waals surface area (Å²) >= 11 is 6.00. The normalized spacial score (nSPS) is 23.9. The van der Waals surface area contributed by atoms with Crippen LogP contribution in [0.15, 0.2) is 30.5 Å². The molecule has 1 unspecified atom stereocenters. The summed E-state index contributed by atoms with van der Waals surface area (Å²) in [6.07, 6.45) is 3.75. The molecule has 4 atom stereocenters. The molecular weight excluding hydrogens is 558 g/mol. The molecule has 1 aromatic heterocycles. The number of benzene rings is 1. The van der Waals surface area contributed by atoms with Crippen molar-refractivity contribution in [3.63, 3.8) is 0 Å². The smallest absolute Gasteiger partial charge is 0.387 e. The first-order valence-electron chi connectivity index (χ1n) is 14.1. The number of hydrogen-bond donors (Lipinski definition) is 2. The Hall–Kier alpha value is -2.76. The van der Waals surface area contributed by atoms with Crippen LogP contribution in [-0.4, -0.2) is 70.1 Å². The van der Waals surface area contributed by atoms with Crippen molar-refractivity contribution in [1.82, 2.24) is 14.7 Å². The van der Waals surface area contributed by atoms with Gasteiger partial charge in [-0.3, -0.25) is 14.3 Å². The third-order valence-corrected chi connectivity index (χ3v) is 8.49. The molecule has 2 aliphatic rings. The van der Waals surface area contributed by atoms with Crippen LogP contribution in [0.5, 0.6) is 5.75 Å². The second-order valence-corrected chi connectivity index (χ2v) is 12.0. The van der Waals surface area contributed by atoms with E-state index in [2.05, 4.69) is 20.1 Å². The van der Waals surface area contributed by atoms with E-state index >= 15 is 0 Å². The van der Waals surface area contributed by atoms with Crippen molar-refractivity contribution >= 4 is 29.2 Å². The van der Waals surface area contributed by atoms with E-state index in [9.17, 15) is 23.5 Å². The van der Waals surface area contributed by atoms with Gasteiger partial charge in [0.15, 0.2) is 5.75 Å². The Morgan fingerprint density at radius 1 is 1.20 bits per heavy atom. The molecule has 2 aromatic rings. The lowest BCUT2D eigenvalue weighted by Crippen LogP contribution is -2.55. The first-order valence-corrected chi connectivity index (χ1v) is 14.5. The number of halogens is 3. The third kappa shape index (κ3) is 7.18. The molecule has 0 saturated carbocycles. The van der Waals surface area contributed by atoms with Gasteiger partial charge in [0.2, 0.25) is 0 Å². The van der Waals surface area contributed by atoms with Crippen LogP contribution in [0, 0.1) is 11.8 Å². The second-order valence-electron chi connectivity index (χ2n) is 11.6. The summed E-state index contributed by atoms with van der Waals surface area (Å²) in [7, 11) is 0. The van der Waals surface area contributed by atoms with Crippen LogP contribution in [-0.2, 0) is 19.9 Å². The van der Waals surface area contributed by atoms with Gasteiger partial charge in [-0.05, 0) is 69.6 Å². The zero-order valence-electron chi connectivity index (χ0n) is 23.9. The fourth-order valence-electron chi connectivity index (χ4n) is 6.27. The maximum atomic E-state index is 14.1. The molecule has 2 fully saturated rings. The minimum Gasteiger partial charge on any atom is -0.481 e. The summed E-state index contributed by atoms with van der Waals surface area (Å²) < 4.78 is 38.4. The van der Waals surface area contributed by atoms with Gasteiger partial charge in [0, 0.05) is 42.6 Å². The molecule has 0 radical (unpaired) electrons. The average molecular weight is 597 g/mol. The number of anilines is 1. The standard InChI is InChI=1S/C29H39ClF2N4O5/c1-17(2)24-7-10-33-36(24)29(27(39)34-23-6-5-21(30)15-25(23)41-28(31)32)8-11-35(12-9-29)16-22(26(37)38)20-13-18(3)40-19(4)14-20/h5-7,10,15,17-20,22,28H,8-9,11-14,16H2,1-4H3,(H,34,39)(H,37,38)/t18-,19+,20?,22-/m1/s1. The predicted octanol–water partition coefficient (Wildman–Crippen LogP) is 5.60. The van der Waals surface area contributed by atoms with Crippen LogP contribution in [0.1, 0.15) is 65.0 Å². The molecule has 41 heavy (non-hydrogen) atoms. The lowest BCUT2D eigenvalue weighted by molar-refractivity contribution is -0.149. The van der Waals surface area contributed by atoms with Gasteiger partial charge in [-0.1, -0.05) is 25.4 Å². The summed E-state index contributed by atoms with van der Waals surface area (Å²) in [4.78, 5) is 28.5. The van der Waals surface area contributed by atoms with E-state index in [1.54, 1.807) is 10.9 Å². The maximum Gasteiger partial charge on any atom is 0.387 e. The minimum absolute atomic E-state index is 0.00180. The number of amides is 1. The van der Waals surface area contributed by atoms with Crippen LogP contribution >= 0.6 is 11.6 Å². The SMILES string of the molecule is CC(C)c1ccnn1C1(C(=O)Nc2ccc(Cl)cc2OC(F)F)CCN(C[C@@H](C(=O)O)C2C[C@@H](C)O[C@@H](C)C2)CC1. The highest BCUT2D eigenvalue weighted by molar-refractivity contribution is 6.30. The van der Waals surface area contributed by atoms with Crippen molar-refractivity contribution < 1.29 is 33.0 Å². The Balaban J connectivity index is 1.58. The lowest BCUT2D eigenvalue weighted by Gasteiger charge is -2.43. The summed E-state index contributed by atoms with van der Waals surface area (Å²) in [6, 6.07) is 6.02. The minimum atomic E-state index is -3.09. The molecule has 3 heterocycles. The van der Waals surface area contributed by atoms with Gasteiger partial charge in [-0.15, -0.1) is 0 Å². The molecule has 2 saturated heterocycles. The number of aliphatic carboxylic acids is 1. The van der Waals surface area contributed by atoms with Gasteiger partial charge in [0.1, 0.15) is 5.54 Å². The van der Waals surface area contributed by atoms with Crippen LogP contribution in [0.3, 0.4) is 0 Å². The van der Waals surface area contributed by atoms with E-state index in [-0.39, 0.29) is 40.5 Å². The number of nitrogens with zero attached hydrogens (tertiary/aromatic N) is 3. The largest absolute Gasteiger partial charge is 0.481 e. The third-order valence-electron chi connectivity index (χ3n) is 8.26. The molecule has 0 bridgehead atoms. The van der Waals surface area contributed by atoms with Crippen LogP contribution < -0.4 is 10.1 Å². The van der Waals surface area contributed by atoms with E-state index in [4.69, 9.17) is 16.3 Å². The Morgan fingerprint density at radius 3 is 2.44 bits per heavy atom. The average Bonchev–Trinajstić information content (AvgIpc) is 3.39. The molecule has 9 nitrogen and oxygen atoms in total. The van der Waals surface area contributed by atoms with Crippen LogP contribution in [0.2, 0.25) is 5.02 Å². The number of likely N-dealkylation sites (tertiary alicyclic amines) is 1. The quantitative estimate of drug-likeness (QED) is 0.368. The van der Waals surface area contributed by atoms with E-state index in [0.29, 0.717) is 45.3 Å². The topological polar surface area (TPSA) is 106 Å².